The average molecular weight is 529 g/mol. The van der Waals surface area contributed by atoms with Gasteiger partial charge in [-0.25, -0.2) is 0 Å². The lowest BCUT2D eigenvalue weighted by Gasteiger charge is -2.28. The molecule has 5 saturated heterocycles. The average Bonchev–Trinajstić information content (AvgIpc) is 3.60. The summed E-state index contributed by atoms with van der Waals surface area (Å²) in [6, 6.07) is 5.38. The largest absolute Gasteiger partial charge is 0.311 e. The molecule has 5 aliphatic heterocycles. The van der Waals surface area contributed by atoms with Crippen molar-refractivity contribution in [3.63, 3.8) is 0 Å². The first-order valence-corrected chi connectivity index (χ1v) is 17.4. The number of nitrogens with one attached hydrogen (secondary N) is 4. The first-order chi connectivity index (χ1) is 18.4. The maximum Gasteiger partial charge on any atom is 0.0116 e. The molecule has 5 heterocycles. The molecule has 38 heavy (non-hydrogen) atoms. The lowest BCUT2D eigenvalue weighted by molar-refractivity contribution is 0.265. The Balaban J connectivity index is 1.47. The first-order valence-electron chi connectivity index (χ1n) is 17.4. The number of hydrogen-bond acceptors (Lipinski definition) is 4. The number of hydrogen-bond donors (Lipinski definition) is 4. The van der Waals surface area contributed by atoms with Crippen molar-refractivity contribution >= 4 is 0 Å². The monoisotopic (exact) mass is 529 g/mol. The van der Waals surface area contributed by atoms with Crippen molar-refractivity contribution < 1.29 is 0 Å². The topological polar surface area (TPSA) is 48.1 Å². The van der Waals surface area contributed by atoms with Crippen LogP contribution in [-0.4, -0.2) is 48.3 Å². The Morgan fingerprint density at radius 2 is 0.553 bits per heavy atom. The fraction of sp³-hybridized carbons (Fsp3) is 1.00. The van der Waals surface area contributed by atoms with E-state index in [0.29, 0.717) is 48.3 Å². The maximum atomic E-state index is 4.32. The molecule has 16 unspecified atom stereocenters. The van der Waals surface area contributed by atoms with E-state index in [1.165, 1.54) is 64.2 Å². The van der Waals surface area contributed by atoms with Crippen LogP contribution < -0.4 is 21.3 Å². The number of fused-ring (bicyclic) bond motifs is 8. The van der Waals surface area contributed by atoms with Gasteiger partial charge >= 0.3 is 0 Å². The summed E-state index contributed by atoms with van der Waals surface area (Å²) in [6.07, 6.45) is 13.2. The van der Waals surface area contributed by atoms with Crippen molar-refractivity contribution in [2.75, 3.05) is 0 Å². The zero-order valence-corrected chi connectivity index (χ0v) is 26.3. The Morgan fingerprint density at radius 3 is 0.816 bits per heavy atom. The van der Waals surface area contributed by atoms with E-state index >= 15 is 0 Å². The second-order valence-electron chi connectivity index (χ2n) is 14.6. The SMILES string of the molecule is CCC1C2CC3NC(CC4NC(CC5NC(CC(N2)C1C)C(CC)C5CC)C(CC)C4C)C(CC)C3CC. The van der Waals surface area contributed by atoms with Crippen LogP contribution in [0.25, 0.3) is 0 Å². The molecule has 5 fully saturated rings. The minimum Gasteiger partial charge on any atom is -0.311 e. The first kappa shape index (κ1) is 29.3. The highest BCUT2D eigenvalue weighted by Gasteiger charge is 2.51. The van der Waals surface area contributed by atoms with Crippen LogP contribution in [0.15, 0.2) is 0 Å². The highest BCUT2D eigenvalue weighted by Crippen LogP contribution is 2.45. The summed E-state index contributed by atoms with van der Waals surface area (Å²) in [5.74, 6) is 6.51. The third-order valence-corrected chi connectivity index (χ3v) is 13.4. The minimum absolute atomic E-state index is 0.664. The van der Waals surface area contributed by atoms with E-state index in [0.717, 1.165) is 47.3 Å². The highest BCUT2D eigenvalue weighted by molar-refractivity contribution is 5.08. The maximum absolute atomic E-state index is 4.32. The van der Waals surface area contributed by atoms with Crippen molar-refractivity contribution in [1.82, 2.24) is 21.3 Å². The predicted molar refractivity (Wildman–Crippen MR) is 162 cm³/mol. The highest BCUT2D eigenvalue weighted by atomic mass is 15.1. The molecule has 0 aromatic heterocycles. The van der Waals surface area contributed by atoms with Gasteiger partial charge in [-0.05, 0) is 73.0 Å². The van der Waals surface area contributed by atoms with E-state index in [1.54, 1.807) is 0 Å². The molecule has 4 nitrogen and oxygen atoms in total. The molecule has 4 N–H and O–H groups in total. The van der Waals surface area contributed by atoms with Crippen LogP contribution >= 0.6 is 0 Å². The van der Waals surface area contributed by atoms with Crippen LogP contribution in [0.1, 0.15) is 120 Å². The lowest BCUT2D eigenvalue weighted by Crippen LogP contribution is -2.45. The molecule has 0 radical (unpaired) electrons. The summed E-state index contributed by atoms with van der Waals surface area (Å²) in [6.45, 7) is 19.9. The molecule has 0 aromatic rings. The van der Waals surface area contributed by atoms with Gasteiger partial charge in [0.05, 0.1) is 0 Å². The zero-order valence-electron chi connectivity index (χ0n) is 26.3. The lowest BCUT2D eigenvalue weighted by atomic mass is 9.76. The van der Waals surface area contributed by atoms with Gasteiger partial charge in [0.15, 0.2) is 0 Å². The fourth-order valence-electron chi connectivity index (χ4n) is 11.4. The summed E-state index contributed by atoms with van der Waals surface area (Å²) in [7, 11) is 0. The fourth-order valence-corrected chi connectivity index (χ4v) is 11.4. The van der Waals surface area contributed by atoms with Crippen LogP contribution in [0.5, 0.6) is 0 Å². The standard InChI is InChI=1S/C34H64N4/c1-9-21-19(7)27-15-31-24(12-4)26(14-6)34(38-31)18-30-22(10-2)20(8)28(36-30)16-32-23(11-3)25(13-5)33(37-32)17-29(21)35-27/h19-38H,9-18H2,1-8H3. The molecule has 4 heteroatoms. The van der Waals surface area contributed by atoms with E-state index < -0.39 is 0 Å². The minimum atomic E-state index is 0.664. The molecular weight excluding hydrogens is 464 g/mol. The summed E-state index contributed by atoms with van der Waals surface area (Å²) < 4.78 is 0. The predicted octanol–water partition coefficient (Wildman–Crippen LogP) is 6.35. The van der Waals surface area contributed by atoms with E-state index in [1.807, 2.05) is 0 Å². The molecule has 0 saturated carbocycles. The van der Waals surface area contributed by atoms with E-state index in [-0.39, 0.29) is 0 Å². The normalized spacial score (nSPS) is 53.1. The molecule has 5 rings (SSSR count). The molecule has 0 spiro atoms. The van der Waals surface area contributed by atoms with Gasteiger partial charge in [-0.1, -0.05) is 93.9 Å². The van der Waals surface area contributed by atoms with Gasteiger partial charge in [0.2, 0.25) is 0 Å². The Hall–Kier alpha value is -0.160. The Labute approximate surface area is 236 Å². The van der Waals surface area contributed by atoms with E-state index in [9.17, 15) is 0 Å². The Bertz CT molecular complexity index is 695. The third kappa shape index (κ3) is 5.16. The van der Waals surface area contributed by atoms with Crippen LogP contribution in [0.2, 0.25) is 0 Å². The van der Waals surface area contributed by atoms with Crippen molar-refractivity contribution in [2.24, 2.45) is 47.3 Å². The van der Waals surface area contributed by atoms with Gasteiger partial charge in [-0.2, -0.15) is 0 Å². The van der Waals surface area contributed by atoms with Crippen LogP contribution in [0.3, 0.4) is 0 Å². The summed E-state index contributed by atoms with van der Waals surface area (Å²) >= 11 is 0. The van der Waals surface area contributed by atoms with Gasteiger partial charge < -0.3 is 21.3 Å². The molecule has 16 atom stereocenters. The van der Waals surface area contributed by atoms with Crippen LogP contribution in [-0.2, 0) is 0 Å². The molecule has 5 aliphatic rings. The van der Waals surface area contributed by atoms with Crippen molar-refractivity contribution in [3.8, 4) is 0 Å². The van der Waals surface area contributed by atoms with Gasteiger partial charge in [0.1, 0.15) is 0 Å². The Morgan fingerprint density at radius 1 is 0.342 bits per heavy atom. The number of rotatable bonds is 6. The molecule has 0 aromatic carbocycles. The van der Waals surface area contributed by atoms with E-state index in [2.05, 4.69) is 76.7 Å². The molecule has 0 amide bonds. The summed E-state index contributed by atoms with van der Waals surface area (Å²) in [5, 5.41) is 17.3. The zero-order chi connectivity index (χ0) is 27.1. The van der Waals surface area contributed by atoms with Crippen LogP contribution in [0.4, 0.5) is 0 Å². The van der Waals surface area contributed by atoms with Crippen molar-refractivity contribution in [2.45, 2.75) is 168 Å². The van der Waals surface area contributed by atoms with Crippen LogP contribution in [0, 0.1) is 47.3 Å². The van der Waals surface area contributed by atoms with Gasteiger partial charge in [-0.3, -0.25) is 0 Å². The van der Waals surface area contributed by atoms with Gasteiger partial charge in [-0.15, -0.1) is 0 Å². The quantitative estimate of drug-likeness (QED) is 0.324. The van der Waals surface area contributed by atoms with Crippen molar-refractivity contribution in [3.05, 3.63) is 0 Å². The molecule has 8 bridgehead atoms. The Kier molecular flexibility index (Phi) is 9.55. The van der Waals surface area contributed by atoms with Crippen molar-refractivity contribution in [1.29, 1.82) is 0 Å². The smallest absolute Gasteiger partial charge is 0.0116 e. The summed E-state index contributed by atoms with van der Waals surface area (Å²) in [5.41, 5.74) is 0. The third-order valence-electron chi connectivity index (χ3n) is 13.4. The molecule has 0 aliphatic carbocycles. The molecular formula is C34H64N4. The molecule has 220 valence electrons. The van der Waals surface area contributed by atoms with E-state index in [4.69, 9.17) is 0 Å². The second-order valence-corrected chi connectivity index (χ2v) is 14.6. The van der Waals surface area contributed by atoms with Gasteiger partial charge in [0, 0.05) is 48.3 Å². The summed E-state index contributed by atoms with van der Waals surface area (Å²) in [4.78, 5) is 0. The van der Waals surface area contributed by atoms with Gasteiger partial charge in [0.25, 0.3) is 0 Å². The second kappa shape index (κ2) is 12.4.